The van der Waals surface area contributed by atoms with Crippen molar-refractivity contribution in [2.24, 2.45) is 0 Å². The Morgan fingerprint density at radius 3 is 2.62 bits per heavy atom. The maximum Gasteiger partial charge on any atom is 0.182 e. The van der Waals surface area contributed by atoms with Crippen LogP contribution in [0.25, 0.3) is 33.5 Å². The van der Waals surface area contributed by atoms with Gasteiger partial charge in [0.05, 0.1) is 11.7 Å². The number of hydrogen-bond acceptors (Lipinski definition) is 5. The molecule has 0 aliphatic rings. The molecule has 0 aliphatic carbocycles. The van der Waals surface area contributed by atoms with E-state index >= 15 is 0 Å². The average Bonchev–Trinajstić information content (AvgIpc) is 2.66. The SMILES string of the molecule is CNc1nc(-c2cnccn2)nc2cc(-c3cc(F)cc(Cl)c3)ccc12. The molecule has 2 heterocycles. The van der Waals surface area contributed by atoms with Crippen LogP contribution >= 0.6 is 11.6 Å². The maximum absolute atomic E-state index is 13.7. The highest BCUT2D eigenvalue weighted by Gasteiger charge is 2.11. The summed E-state index contributed by atoms with van der Waals surface area (Å²) in [6.07, 6.45) is 4.79. The summed E-state index contributed by atoms with van der Waals surface area (Å²) < 4.78 is 13.7. The Labute approximate surface area is 153 Å². The number of benzene rings is 2. The molecule has 0 bridgehead atoms. The lowest BCUT2D eigenvalue weighted by atomic mass is 10.0. The first-order chi connectivity index (χ1) is 12.6. The van der Waals surface area contributed by atoms with Crippen molar-refractivity contribution in [2.45, 2.75) is 0 Å². The Morgan fingerprint density at radius 1 is 1.00 bits per heavy atom. The molecule has 0 atom stereocenters. The van der Waals surface area contributed by atoms with Crippen molar-refractivity contribution < 1.29 is 4.39 Å². The smallest absolute Gasteiger partial charge is 0.182 e. The number of aromatic nitrogens is 4. The van der Waals surface area contributed by atoms with Gasteiger partial charge < -0.3 is 5.32 Å². The minimum atomic E-state index is -0.383. The fourth-order valence-electron chi connectivity index (χ4n) is 2.75. The molecule has 0 amide bonds. The van der Waals surface area contributed by atoms with Crippen LogP contribution in [0.4, 0.5) is 10.2 Å². The quantitative estimate of drug-likeness (QED) is 0.575. The molecule has 0 radical (unpaired) electrons. The molecular formula is C19H13ClFN5. The second-order valence-corrected chi connectivity index (χ2v) is 6.06. The minimum absolute atomic E-state index is 0.346. The standard InChI is InChI=1S/C19H13ClFN5/c1-22-18-15-3-2-11(12-6-13(20)9-14(21)7-12)8-16(15)25-19(26-18)17-10-23-4-5-24-17/h2-10H,1H3,(H,22,25,26). The number of anilines is 1. The second-order valence-electron chi connectivity index (χ2n) is 5.63. The molecule has 2 aromatic carbocycles. The summed E-state index contributed by atoms with van der Waals surface area (Å²) in [7, 11) is 1.79. The van der Waals surface area contributed by atoms with Crippen molar-refractivity contribution >= 4 is 28.3 Å². The summed E-state index contributed by atoms with van der Waals surface area (Å²) in [5, 5.41) is 4.28. The Hall–Kier alpha value is -3.12. The van der Waals surface area contributed by atoms with Gasteiger partial charge in [0.2, 0.25) is 0 Å². The zero-order valence-electron chi connectivity index (χ0n) is 13.7. The molecule has 7 heteroatoms. The zero-order valence-corrected chi connectivity index (χ0v) is 14.5. The number of halogens is 2. The van der Waals surface area contributed by atoms with Crippen LogP contribution in [0.5, 0.6) is 0 Å². The van der Waals surface area contributed by atoms with E-state index in [0.29, 0.717) is 33.4 Å². The van der Waals surface area contributed by atoms with Crippen molar-refractivity contribution in [3.63, 3.8) is 0 Å². The lowest BCUT2D eigenvalue weighted by molar-refractivity contribution is 0.628. The predicted molar refractivity (Wildman–Crippen MR) is 101 cm³/mol. The van der Waals surface area contributed by atoms with Gasteiger partial charge in [0.1, 0.15) is 17.3 Å². The number of nitrogens with one attached hydrogen (secondary N) is 1. The monoisotopic (exact) mass is 365 g/mol. The first-order valence-corrected chi connectivity index (χ1v) is 8.24. The molecule has 4 aromatic rings. The largest absolute Gasteiger partial charge is 0.373 e. The zero-order chi connectivity index (χ0) is 18.1. The fraction of sp³-hybridized carbons (Fsp3) is 0.0526. The third-order valence-electron chi connectivity index (χ3n) is 3.92. The first kappa shape index (κ1) is 16.4. The predicted octanol–water partition coefficient (Wildman–Crippen LogP) is 4.59. The molecule has 1 N–H and O–H groups in total. The highest BCUT2D eigenvalue weighted by molar-refractivity contribution is 6.30. The summed E-state index contributed by atoms with van der Waals surface area (Å²) in [5.74, 6) is 0.760. The number of fused-ring (bicyclic) bond motifs is 1. The van der Waals surface area contributed by atoms with Crippen molar-refractivity contribution in [3.8, 4) is 22.6 Å². The van der Waals surface area contributed by atoms with Crippen molar-refractivity contribution in [1.82, 2.24) is 19.9 Å². The van der Waals surface area contributed by atoms with Crippen LogP contribution in [0.2, 0.25) is 5.02 Å². The van der Waals surface area contributed by atoms with E-state index < -0.39 is 0 Å². The van der Waals surface area contributed by atoms with Gasteiger partial charge in [-0.05, 0) is 41.5 Å². The van der Waals surface area contributed by atoms with Gasteiger partial charge in [0.15, 0.2) is 5.82 Å². The Morgan fingerprint density at radius 2 is 1.88 bits per heavy atom. The van der Waals surface area contributed by atoms with E-state index in [1.807, 2.05) is 18.2 Å². The molecule has 2 aromatic heterocycles. The highest BCUT2D eigenvalue weighted by Crippen LogP contribution is 2.30. The summed E-state index contributed by atoms with van der Waals surface area (Å²) in [6, 6.07) is 10.1. The van der Waals surface area contributed by atoms with Gasteiger partial charge in [-0.25, -0.2) is 19.3 Å². The molecule has 5 nitrogen and oxygen atoms in total. The molecule has 26 heavy (non-hydrogen) atoms. The van der Waals surface area contributed by atoms with Crippen LogP contribution in [-0.2, 0) is 0 Å². The third-order valence-corrected chi connectivity index (χ3v) is 4.14. The van der Waals surface area contributed by atoms with E-state index in [-0.39, 0.29) is 5.82 Å². The number of nitrogens with zero attached hydrogens (tertiary/aromatic N) is 4. The fourth-order valence-corrected chi connectivity index (χ4v) is 2.97. The van der Waals surface area contributed by atoms with Gasteiger partial charge in [0.25, 0.3) is 0 Å². The average molecular weight is 366 g/mol. The van der Waals surface area contributed by atoms with Crippen LogP contribution in [-0.4, -0.2) is 27.0 Å². The van der Waals surface area contributed by atoms with E-state index in [4.69, 9.17) is 11.6 Å². The van der Waals surface area contributed by atoms with Gasteiger partial charge in [0, 0.05) is 29.9 Å². The van der Waals surface area contributed by atoms with E-state index in [9.17, 15) is 4.39 Å². The summed E-state index contributed by atoms with van der Waals surface area (Å²) in [5.41, 5.74) is 2.78. The van der Waals surface area contributed by atoms with Crippen molar-refractivity contribution in [2.75, 3.05) is 12.4 Å². The van der Waals surface area contributed by atoms with E-state index in [0.717, 1.165) is 10.9 Å². The maximum atomic E-state index is 13.7. The highest BCUT2D eigenvalue weighted by atomic mass is 35.5. The molecular weight excluding hydrogens is 353 g/mol. The van der Waals surface area contributed by atoms with Crippen LogP contribution < -0.4 is 5.32 Å². The lowest BCUT2D eigenvalue weighted by Gasteiger charge is -2.10. The topological polar surface area (TPSA) is 63.6 Å². The van der Waals surface area contributed by atoms with E-state index in [2.05, 4.69) is 25.3 Å². The molecule has 0 saturated carbocycles. The Bertz CT molecular complexity index is 1080. The van der Waals surface area contributed by atoms with Gasteiger partial charge in [-0.2, -0.15) is 0 Å². The molecule has 0 aliphatic heterocycles. The Balaban J connectivity index is 1.91. The van der Waals surface area contributed by atoms with E-state index in [1.165, 1.54) is 12.1 Å². The molecule has 0 spiro atoms. The molecule has 0 unspecified atom stereocenters. The van der Waals surface area contributed by atoms with Crippen molar-refractivity contribution in [3.05, 3.63) is 65.8 Å². The number of hydrogen-bond donors (Lipinski definition) is 1. The van der Waals surface area contributed by atoms with Gasteiger partial charge in [-0.3, -0.25) is 4.98 Å². The number of rotatable bonds is 3. The van der Waals surface area contributed by atoms with Crippen LogP contribution in [0, 0.1) is 5.82 Å². The first-order valence-electron chi connectivity index (χ1n) is 7.86. The van der Waals surface area contributed by atoms with Crippen LogP contribution in [0.1, 0.15) is 0 Å². The lowest BCUT2D eigenvalue weighted by Crippen LogP contribution is -2.00. The third kappa shape index (κ3) is 3.07. The van der Waals surface area contributed by atoms with Gasteiger partial charge >= 0.3 is 0 Å². The minimum Gasteiger partial charge on any atom is -0.373 e. The Kier molecular flexibility index (Phi) is 4.18. The van der Waals surface area contributed by atoms with Crippen molar-refractivity contribution in [1.29, 1.82) is 0 Å². The van der Waals surface area contributed by atoms with Gasteiger partial charge in [-0.15, -0.1) is 0 Å². The van der Waals surface area contributed by atoms with E-state index in [1.54, 1.807) is 31.7 Å². The normalized spacial score (nSPS) is 10.9. The van der Waals surface area contributed by atoms with Crippen LogP contribution in [0.15, 0.2) is 55.0 Å². The molecule has 4 rings (SSSR count). The van der Waals surface area contributed by atoms with Crippen LogP contribution in [0.3, 0.4) is 0 Å². The summed E-state index contributed by atoms with van der Waals surface area (Å²) >= 11 is 5.98. The summed E-state index contributed by atoms with van der Waals surface area (Å²) in [6.45, 7) is 0. The molecule has 128 valence electrons. The molecule has 0 fully saturated rings. The second kappa shape index (κ2) is 6.65. The summed E-state index contributed by atoms with van der Waals surface area (Å²) in [4.78, 5) is 17.4. The molecule has 0 saturated heterocycles. The van der Waals surface area contributed by atoms with Gasteiger partial charge in [-0.1, -0.05) is 17.7 Å².